The van der Waals surface area contributed by atoms with E-state index in [1.54, 1.807) is 19.2 Å². The van der Waals surface area contributed by atoms with Crippen LogP contribution in [0.1, 0.15) is 43.1 Å². The second-order valence-electron chi connectivity index (χ2n) is 8.43. The maximum atomic E-state index is 13.0. The molecule has 1 aromatic heterocycles. The van der Waals surface area contributed by atoms with E-state index in [0.717, 1.165) is 48.9 Å². The van der Waals surface area contributed by atoms with Crippen LogP contribution in [0.5, 0.6) is 17.2 Å². The highest BCUT2D eigenvalue weighted by molar-refractivity contribution is 5.43. The standard InChI is InChI=1S/C25H30FN3O3/c1-17(2)32-24-9-4-18(12-25(24)30-3)14-29-11-10-19(15-29)23-13-21(27-28-23)16-31-22-7-5-20(26)6-8-22/h4-9,12-13,17,19H,10-11,14-16H2,1-3H3,(H,27,28). The lowest BCUT2D eigenvalue weighted by molar-refractivity contribution is 0.229. The van der Waals surface area contributed by atoms with Gasteiger partial charge in [-0.25, -0.2) is 4.39 Å². The molecule has 1 aliphatic rings. The quantitative estimate of drug-likeness (QED) is 0.513. The first kappa shape index (κ1) is 22.1. The lowest BCUT2D eigenvalue weighted by Crippen LogP contribution is -2.20. The van der Waals surface area contributed by atoms with Gasteiger partial charge in [-0.3, -0.25) is 10.00 Å². The zero-order chi connectivity index (χ0) is 22.5. The molecule has 4 rings (SSSR count). The van der Waals surface area contributed by atoms with E-state index in [1.807, 2.05) is 19.9 Å². The number of nitrogens with one attached hydrogen (secondary N) is 1. The third-order valence-electron chi connectivity index (χ3n) is 5.55. The number of nitrogens with zero attached hydrogens (tertiary/aromatic N) is 2. The molecule has 0 radical (unpaired) electrons. The smallest absolute Gasteiger partial charge is 0.161 e. The molecule has 0 spiro atoms. The Morgan fingerprint density at radius 3 is 2.69 bits per heavy atom. The number of hydrogen-bond donors (Lipinski definition) is 1. The van der Waals surface area contributed by atoms with Gasteiger partial charge in [0.2, 0.25) is 0 Å². The monoisotopic (exact) mass is 439 g/mol. The maximum absolute atomic E-state index is 13.0. The van der Waals surface area contributed by atoms with Crippen LogP contribution in [0, 0.1) is 5.82 Å². The number of benzene rings is 2. The van der Waals surface area contributed by atoms with Crippen molar-refractivity contribution in [3.05, 3.63) is 71.3 Å². The van der Waals surface area contributed by atoms with E-state index in [1.165, 1.54) is 17.7 Å². The van der Waals surface area contributed by atoms with E-state index in [-0.39, 0.29) is 11.9 Å². The first-order valence-electron chi connectivity index (χ1n) is 11.0. The highest BCUT2D eigenvalue weighted by atomic mass is 19.1. The summed E-state index contributed by atoms with van der Waals surface area (Å²) in [6, 6.07) is 14.2. The molecule has 1 N–H and O–H groups in total. The summed E-state index contributed by atoms with van der Waals surface area (Å²) < 4.78 is 30.0. The summed E-state index contributed by atoms with van der Waals surface area (Å²) in [6.07, 6.45) is 1.17. The molecule has 170 valence electrons. The highest BCUT2D eigenvalue weighted by Crippen LogP contribution is 2.31. The van der Waals surface area contributed by atoms with Gasteiger partial charge in [-0.2, -0.15) is 5.10 Å². The predicted molar refractivity (Wildman–Crippen MR) is 121 cm³/mol. The maximum Gasteiger partial charge on any atom is 0.161 e. The molecule has 2 aromatic carbocycles. The predicted octanol–water partition coefficient (Wildman–Crippen LogP) is 4.91. The Bertz CT molecular complexity index is 1020. The second-order valence-corrected chi connectivity index (χ2v) is 8.43. The van der Waals surface area contributed by atoms with Gasteiger partial charge in [0.05, 0.1) is 24.6 Å². The fourth-order valence-corrected chi connectivity index (χ4v) is 3.99. The SMILES string of the molecule is COc1cc(CN2CCC(c3cc(COc4ccc(F)cc4)[nH]n3)C2)ccc1OC(C)C. The number of likely N-dealkylation sites (tertiary alicyclic amines) is 1. The lowest BCUT2D eigenvalue weighted by atomic mass is 10.1. The van der Waals surface area contributed by atoms with Crippen LogP contribution in [0.4, 0.5) is 4.39 Å². The van der Waals surface area contributed by atoms with Crippen molar-refractivity contribution in [1.29, 1.82) is 0 Å². The van der Waals surface area contributed by atoms with Gasteiger partial charge in [0.25, 0.3) is 0 Å². The topological polar surface area (TPSA) is 59.6 Å². The van der Waals surface area contributed by atoms with Crippen LogP contribution in [-0.2, 0) is 13.2 Å². The molecule has 0 bridgehead atoms. The molecule has 0 aliphatic carbocycles. The Balaban J connectivity index is 1.31. The van der Waals surface area contributed by atoms with E-state index in [0.29, 0.717) is 18.3 Å². The fourth-order valence-electron chi connectivity index (χ4n) is 3.99. The summed E-state index contributed by atoms with van der Waals surface area (Å²) in [7, 11) is 1.67. The van der Waals surface area contributed by atoms with Crippen LogP contribution in [0.15, 0.2) is 48.5 Å². The molecular formula is C25H30FN3O3. The Labute approximate surface area is 188 Å². The molecule has 1 aliphatic heterocycles. The molecule has 2 heterocycles. The van der Waals surface area contributed by atoms with Gasteiger partial charge in [0.15, 0.2) is 11.5 Å². The van der Waals surface area contributed by atoms with Crippen LogP contribution in [0.25, 0.3) is 0 Å². The van der Waals surface area contributed by atoms with E-state index in [9.17, 15) is 4.39 Å². The molecule has 0 saturated carbocycles. The fraction of sp³-hybridized carbons (Fsp3) is 0.400. The van der Waals surface area contributed by atoms with Crippen molar-refractivity contribution in [3.63, 3.8) is 0 Å². The third-order valence-corrected chi connectivity index (χ3v) is 5.55. The molecule has 32 heavy (non-hydrogen) atoms. The van der Waals surface area contributed by atoms with Gasteiger partial charge in [-0.05, 0) is 74.8 Å². The molecule has 3 aromatic rings. The normalized spacial score (nSPS) is 16.5. The summed E-state index contributed by atoms with van der Waals surface area (Å²) in [5, 5.41) is 7.57. The number of ether oxygens (including phenoxy) is 3. The van der Waals surface area contributed by atoms with E-state index in [2.05, 4.69) is 33.3 Å². The zero-order valence-electron chi connectivity index (χ0n) is 18.8. The number of aromatic amines is 1. The van der Waals surface area contributed by atoms with Crippen molar-refractivity contribution in [2.75, 3.05) is 20.2 Å². The summed E-state index contributed by atoms with van der Waals surface area (Å²) >= 11 is 0. The number of H-pyrrole nitrogens is 1. The van der Waals surface area contributed by atoms with Gasteiger partial charge in [0.1, 0.15) is 18.2 Å². The van der Waals surface area contributed by atoms with Gasteiger partial charge in [0, 0.05) is 19.0 Å². The molecule has 1 atom stereocenters. The Kier molecular flexibility index (Phi) is 6.95. The van der Waals surface area contributed by atoms with Gasteiger partial charge < -0.3 is 14.2 Å². The molecular weight excluding hydrogens is 409 g/mol. The number of aromatic nitrogens is 2. The van der Waals surface area contributed by atoms with Crippen molar-refractivity contribution in [1.82, 2.24) is 15.1 Å². The van der Waals surface area contributed by atoms with Crippen molar-refractivity contribution >= 4 is 0 Å². The Morgan fingerprint density at radius 1 is 1.12 bits per heavy atom. The molecule has 1 fully saturated rings. The van der Waals surface area contributed by atoms with Crippen molar-refractivity contribution in [2.45, 2.75) is 45.4 Å². The number of hydrogen-bond acceptors (Lipinski definition) is 5. The van der Waals surface area contributed by atoms with Crippen molar-refractivity contribution < 1.29 is 18.6 Å². The molecule has 1 unspecified atom stereocenters. The second kappa shape index (κ2) is 10.0. The van der Waals surface area contributed by atoms with Crippen LogP contribution in [-0.4, -0.2) is 41.4 Å². The van der Waals surface area contributed by atoms with E-state index in [4.69, 9.17) is 14.2 Å². The molecule has 7 heteroatoms. The molecule has 1 saturated heterocycles. The Morgan fingerprint density at radius 2 is 1.94 bits per heavy atom. The van der Waals surface area contributed by atoms with Gasteiger partial charge in [-0.1, -0.05) is 6.07 Å². The summed E-state index contributed by atoms with van der Waals surface area (Å²) in [6.45, 7) is 7.22. The minimum absolute atomic E-state index is 0.105. The van der Waals surface area contributed by atoms with Crippen molar-refractivity contribution in [2.24, 2.45) is 0 Å². The van der Waals surface area contributed by atoms with E-state index < -0.39 is 0 Å². The summed E-state index contributed by atoms with van der Waals surface area (Å²) in [5.41, 5.74) is 3.17. The van der Waals surface area contributed by atoms with Crippen LogP contribution in [0.3, 0.4) is 0 Å². The summed E-state index contributed by atoms with van der Waals surface area (Å²) in [4.78, 5) is 2.44. The van der Waals surface area contributed by atoms with Crippen LogP contribution in [0.2, 0.25) is 0 Å². The van der Waals surface area contributed by atoms with E-state index >= 15 is 0 Å². The zero-order valence-corrected chi connectivity index (χ0v) is 18.8. The van der Waals surface area contributed by atoms with Gasteiger partial charge in [-0.15, -0.1) is 0 Å². The largest absolute Gasteiger partial charge is 0.493 e. The minimum atomic E-state index is -0.273. The molecule has 0 amide bonds. The summed E-state index contributed by atoms with van der Waals surface area (Å²) in [5.74, 6) is 2.29. The number of rotatable bonds is 9. The third kappa shape index (κ3) is 5.59. The number of methoxy groups -OCH3 is 1. The highest BCUT2D eigenvalue weighted by Gasteiger charge is 2.26. The lowest BCUT2D eigenvalue weighted by Gasteiger charge is -2.18. The minimum Gasteiger partial charge on any atom is -0.493 e. The number of halogens is 1. The van der Waals surface area contributed by atoms with Crippen LogP contribution < -0.4 is 14.2 Å². The van der Waals surface area contributed by atoms with Crippen molar-refractivity contribution in [3.8, 4) is 17.2 Å². The van der Waals surface area contributed by atoms with Gasteiger partial charge >= 0.3 is 0 Å². The Hall–Kier alpha value is -3.06. The average molecular weight is 440 g/mol. The first-order chi connectivity index (χ1) is 15.5. The van der Waals surface area contributed by atoms with Crippen LogP contribution >= 0.6 is 0 Å². The molecule has 6 nitrogen and oxygen atoms in total. The average Bonchev–Trinajstić information content (AvgIpc) is 3.43. The first-order valence-corrected chi connectivity index (χ1v) is 11.0.